The van der Waals surface area contributed by atoms with Crippen LogP contribution in [0.2, 0.25) is 0 Å². The lowest BCUT2D eigenvalue weighted by molar-refractivity contribution is -0.442. The fourth-order valence-electron chi connectivity index (χ4n) is 4.24. The van der Waals surface area contributed by atoms with Crippen LogP contribution in [0.3, 0.4) is 0 Å². The smallest absolute Gasteiger partial charge is 0.239 e. The number of aliphatic hydroxyl groups is 2. The summed E-state index contributed by atoms with van der Waals surface area (Å²) in [5.74, 6) is -2.27. The van der Waals surface area contributed by atoms with Crippen molar-refractivity contribution < 1.29 is 34.7 Å². The Labute approximate surface area is 164 Å². The maximum Gasteiger partial charge on any atom is 0.239 e. The van der Waals surface area contributed by atoms with Crippen molar-refractivity contribution in [3.8, 4) is 0 Å². The molecule has 9 N–H and O–H groups in total. The van der Waals surface area contributed by atoms with Gasteiger partial charge in [0.25, 0.3) is 0 Å². The van der Waals surface area contributed by atoms with Crippen LogP contribution in [0, 0.1) is 0 Å². The Morgan fingerprint density at radius 3 is 2.50 bits per heavy atom. The first-order valence-electron chi connectivity index (χ1n) is 9.50. The van der Waals surface area contributed by atoms with Gasteiger partial charge >= 0.3 is 0 Å². The van der Waals surface area contributed by atoms with Crippen molar-refractivity contribution in [2.75, 3.05) is 14.1 Å². The maximum absolute atomic E-state index is 12.1. The number of aliphatic hydroxyl groups excluding tert-OH is 1. The van der Waals surface area contributed by atoms with Gasteiger partial charge in [-0.15, -0.1) is 0 Å². The average molecular weight is 406 g/mol. The highest BCUT2D eigenvalue weighted by Gasteiger charge is 2.61. The summed E-state index contributed by atoms with van der Waals surface area (Å²) in [4.78, 5) is 12.1. The largest absolute Gasteiger partial charge is 0.412 e. The number of ether oxygens (including phenoxy) is 3. The number of fused-ring (bicyclic) bond motifs is 2. The summed E-state index contributed by atoms with van der Waals surface area (Å²) in [6.45, 7) is 3.41. The van der Waals surface area contributed by atoms with Gasteiger partial charge in [-0.05, 0) is 40.8 Å². The number of carbonyl (C=O) groups is 1. The Hall–Kier alpha value is -0.890. The van der Waals surface area contributed by atoms with E-state index in [1.807, 2.05) is 6.92 Å². The van der Waals surface area contributed by atoms with Crippen LogP contribution in [-0.2, 0) is 19.0 Å². The van der Waals surface area contributed by atoms with E-state index in [2.05, 4.69) is 16.0 Å². The molecule has 10 atom stereocenters. The Morgan fingerprint density at radius 2 is 1.93 bits per heavy atom. The number of rotatable bonds is 4. The van der Waals surface area contributed by atoms with E-state index in [-0.39, 0.29) is 23.7 Å². The van der Waals surface area contributed by atoms with E-state index in [0.717, 1.165) is 0 Å². The molecule has 2 aliphatic heterocycles. The molecule has 11 heteroatoms. The van der Waals surface area contributed by atoms with Crippen molar-refractivity contribution in [2.24, 2.45) is 5.73 Å². The zero-order chi connectivity index (χ0) is 19.9. The summed E-state index contributed by atoms with van der Waals surface area (Å²) in [5, 5.41) is 30.8. The van der Waals surface area contributed by atoms with E-state index in [4.69, 9.17) is 19.9 Å². The van der Waals surface area contributed by atoms with Gasteiger partial charge in [0.15, 0.2) is 0 Å². The number of nitrogens with two attached hydrogens (primary N) is 1. The van der Waals surface area contributed by atoms with Gasteiger partial charge < -0.3 is 51.6 Å². The van der Waals surface area contributed by atoms with Gasteiger partial charge in [-0.3, -0.25) is 4.79 Å². The summed E-state index contributed by atoms with van der Waals surface area (Å²) < 4.78 is 18.0. The lowest BCUT2D eigenvalue weighted by Crippen LogP contribution is -2.76. The van der Waals surface area contributed by atoms with Crippen molar-refractivity contribution >= 4 is 5.91 Å². The Morgan fingerprint density at radius 1 is 1.25 bits per heavy atom. The van der Waals surface area contributed by atoms with Gasteiger partial charge in [-0.1, -0.05) is 0 Å². The Bertz CT molecular complexity index is 554. The van der Waals surface area contributed by atoms with E-state index in [1.54, 1.807) is 21.0 Å². The van der Waals surface area contributed by atoms with Gasteiger partial charge in [0.05, 0.1) is 36.4 Å². The molecule has 1 amide bonds. The molecule has 0 aromatic heterocycles. The van der Waals surface area contributed by atoms with Crippen LogP contribution in [0.1, 0.15) is 26.7 Å². The minimum absolute atomic E-state index is 0. The van der Waals surface area contributed by atoms with Crippen LogP contribution >= 0.6 is 0 Å². The van der Waals surface area contributed by atoms with Crippen molar-refractivity contribution in [2.45, 2.75) is 87.3 Å². The number of nitrogens with one attached hydrogen (secondary N) is 3. The normalized spacial score (nSPS) is 46.5. The third-order valence-electron chi connectivity index (χ3n) is 5.80. The molecule has 3 unspecified atom stereocenters. The number of hydrogen-bond acceptors (Lipinski definition) is 9. The second-order valence-corrected chi connectivity index (χ2v) is 7.81. The lowest BCUT2D eigenvalue weighted by atomic mass is 9.81. The number of likely N-dealkylation sites (N-methyl/N-ethyl adjacent to an activating group) is 2. The summed E-state index contributed by atoms with van der Waals surface area (Å²) in [6, 6.07) is -2.12. The Balaban J connectivity index is 0.00000280. The first-order chi connectivity index (χ1) is 12.7. The SMILES string of the molecule is CN[C@H]1CC2OC3O[C@H](C)C[C@@H](NC(=O)[C@@H](C)N)[C@]3(O)OC2[C@@H](NC)[C@H]1O.O. The predicted molar refractivity (Wildman–Crippen MR) is 99.2 cm³/mol. The number of carbonyl (C=O) groups excluding carboxylic acids is 1. The van der Waals surface area contributed by atoms with E-state index in [0.29, 0.717) is 12.8 Å². The molecule has 164 valence electrons. The fraction of sp³-hybridized carbons (Fsp3) is 0.941. The molecule has 3 fully saturated rings. The van der Waals surface area contributed by atoms with E-state index in [1.165, 1.54) is 0 Å². The van der Waals surface area contributed by atoms with Gasteiger partial charge in [0.1, 0.15) is 6.10 Å². The molecular formula is C17H34N4O7. The summed E-state index contributed by atoms with van der Waals surface area (Å²) >= 11 is 0. The van der Waals surface area contributed by atoms with Gasteiger partial charge in [-0.2, -0.15) is 0 Å². The summed E-state index contributed by atoms with van der Waals surface area (Å²) in [7, 11) is 3.50. The Kier molecular flexibility index (Phi) is 7.40. The second kappa shape index (κ2) is 8.86. The van der Waals surface area contributed by atoms with Crippen molar-refractivity contribution in [3.05, 3.63) is 0 Å². The highest BCUT2D eigenvalue weighted by Crippen LogP contribution is 2.41. The first kappa shape index (κ1) is 23.4. The fourth-order valence-corrected chi connectivity index (χ4v) is 4.24. The predicted octanol–water partition coefficient (Wildman–Crippen LogP) is -3.46. The molecule has 3 rings (SSSR count). The van der Waals surface area contributed by atoms with Crippen LogP contribution in [0.4, 0.5) is 0 Å². The zero-order valence-corrected chi connectivity index (χ0v) is 16.7. The first-order valence-corrected chi connectivity index (χ1v) is 9.50. The molecule has 2 heterocycles. The van der Waals surface area contributed by atoms with E-state index in [9.17, 15) is 15.0 Å². The molecule has 1 saturated carbocycles. The minimum atomic E-state index is -1.88. The number of hydrogen-bond donors (Lipinski definition) is 6. The minimum Gasteiger partial charge on any atom is -0.412 e. The molecule has 1 aliphatic carbocycles. The molecule has 2 saturated heterocycles. The zero-order valence-electron chi connectivity index (χ0n) is 16.7. The lowest BCUT2D eigenvalue weighted by Gasteiger charge is -2.56. The molecule has 0 spiro atoms. The second-order valence-electron chi connectivity index (χ2n) is 7.81. The molecule has 0 aromatic carbocycles. The van der Waals surface area contributed by atoms with Crippen LogP contribution in [0.5, 0.6) is 0 Å². The van der Waals surface area contributed by atoms with Crippen LogP contribution in [0.15, 0.2) is 0 Å². The quantitative estimate of drug-likeness (QED) is 0.277. The highest BCUT2D eigenvalue weighted by molar-refractivity contribution is 5.81. The maximum atomic E-state index is 12.1. The average Bonchev–Trinajstić information content (AvgIpc) is 2.61. The molecule has 11 nitrogen and oxygen atoms in total. The van der Waals surface area contributed by atoms with Gasteiger partial charge in [-0.25, -0.2) is 0 Å². The molecule has 28 heavy (non-hydrogen) atoms. The molecule has 0 bridgehead atoms. The molecule has 3 aliphatic rings. The molecular weight excluding hydrogens is 372 g/mol. The van der Waals surface area contributed by atoms with Crippen molar-refractivity contribution in [3.63, 3.8) is 0 Å². The summed E-state index contributed by atoms with van der Waals surface area (Å²) in [5.41, 5.74) is 5.65. The van der Waals surface area contributed by atoms with Crippen molar-refractivity contribution in [1.29, 1.82) is 0 Å². The van der Waals surface area contributed by atoms with E-state index < -0.39 is 48.3 Å². The number of amides is 1. The highest BCUT2D eigenvalue weighted by atomic mass is 16.8. The van der Waals surface area contributed by atoms with Crippen LogP contribution < -0.4 is 21.7 Å². The topological polar surface area (TPSA) is 179 Å². The monoisotopic (exact) mass is 406 g/mol. The van der Waals surface area contributed by atoms with Crippen LogP contribution in [-0.4, -0.2) is 96.4 Å². The third-order valence-corrected chi connectivity index (χ3v) is 5.80. The molecule has 0 aromatic rings. The van der Waals surface area contributed by atoms with Crippen LogP contribution in [0.25, 0.3) is 0 Å². The van der Waals surface area contributed by atoms with Gasteiger partial charge in [0.2, 0.25) is 18.0 Å². The molecule has 0 radical (unpaired) electrons. The standard InChI is InChI=1S/C17H32N4O6.H2O/c1-7-5-11(21-15(23)8(2)18)17(24)16(25-7)26-10-6-9(19-3)13(22)12(20-4)14(10)27-17;/h7-14,16,19-20,22,24H,5-6,18H2,1-4H3,(H,21,23);1H2/t7-,8-,9+,10?,11-,12+,13+,14?,16?,17+;/m1./s1. The van der Waals surface area contributed by atoms with E-state index >= 15 is 0 Å². The van der Waals surface area contributed by atoms with Gasteiger partial charge in [0, 0.05) is 6.04 Å². The summed E-state index contributed by atoms with van der Waals surface area (Å²) in [6.07, 6.45) is -2.18. The third kappa shape index (κ3) is 4.04. The van der Waals surface area contributed by atoms with Crippen molar-refractivity contribution in [1.82, 2.24) is 16.0 Å².